The van der Waals surface area contributed by atoms with Crippen molar-refractivity contribution in [3.05, 3.63) is 88.4 Å². The van der Waals surface area contributed by atoms with Crippen LogP contribution in [0.4, 0.5) is 5.00 Å². The third-order valence-electron chi connectivity index (χ3n) is 5.50. The zero-order valence-electron chi connectivity index (χ0n) is 17.9. The number of aryl methyl sites for hydroxylation is 1. The highest BCUT2D eigenvalue weighted by molar-refractivity contribution is 7.91. The SMILES string of the molecule is O=C(Nc1sc2c(c1C(=O)NCc1ccco1)CCC2)c1ccc(S(=O)(=O)c2ccccc2)o1. The largest absolute Gasteiger partial charge is 0.467 e. The van der Waals surface area contributed by atoms with Gasteiger partial charge < -0.3 is 19.5 Å². The molecule has 0 spiro atoms. The molecule has 2 N–H and O–H groups in total. The highest BCUT2D eigenvalue weighted by Gasteiger charge is 2.29. The molecule has 174 valence electrons. The molecule has 0 fully saturated rings. The molecule has 2 amide bonds. The Bertz CT molecular complexity index is 1450. The summed E-state index contributed by atoms with van der Waals surface area (Å²) < 4.78 is 36.2. The van der Waals surface area contributed by atoms with Gasteiger partial charge in [-0.05, 0) is 61.2 Å². The van der Waals surface area contributed by atoms with Gasteiger partial charge in [0, 0.05) is 4.88 Å². The molecule has 8 nitrogen and oxygen atoms in total. The average Bonchev–Trinajstić information content (AvgIpc) is 3.63. The molecule has 5 rings (SSSR count). The van der Waals surface area contributed by atoms with Crippen LogP contribution < -0.4 is 10.6 Å². The van der Waals surface area contributed by atoms with E-state index in [1.165, 1.54) is 41.9 Å². The minimum atomic E-state index is -3.89. The maximum atomic E-state index is 13.0. The molecular formula is C24H20N2O6S2. The highest BCUT2D eigenvalue weighted by atomic mass is 32.2. The Hall–Kier alpha value is -3.63. The average molecular weight is 497 g/mol. The van der Waals surface area contributed by atoms with Crippen LogP contribution in [0.15, 0.2) is 79.7 Å². The molecule has 0 aliphatic heterocycles. The summed E-state index contributed by atoms with van der Waals surface area (Å²) in [6, 6.07) is 13.9. The molecule has 1 aliphatic carbocycles. The molecule has 0 atom stereocenters. The van der Waals surface area contributed by atoms with Gasteiger partial charge in [0.2, 0.25) is 14.9 Å². The van der Waals surface area contributed by atoms with Crippen LogP contribution >= 0.6 is 11.3 Å². The van der Waals surface area contributed by atoms with E-state index in [1.807, 2.05) is 0 Å². The van der Waals surface area contributed by atoms with Crippen molar-refractivity contribution in [1.29, 1.82) is 0 Å². The molecule has 0 saturated carbocycles. The predicted molar refractivity (Wildman–Crippen MR) is 125 cm³/mol. The Morgan fingerprint density at radius 1 is 0.971 bits per heavy atom. The predicted octanol–water partition coefficient (Wildman–Crippen LogP) is 4.44. The first-order valence-corrected chi connectivity index (χ1v) is 12.9. The summed E-state index contributed by atoms with van der Waals surface area (Å²) in [6.07, 6.45) is 4.08. The number of fused-ring (bicyclic) bond motifs is 1. The van der Waals surface area contributed by atoms with Gasteiger partial charge in [-0.3, -0.25) is 9.59 Å². The molecule has 1 aliphatic rings. The van der Waals surface area contributed by atoms with E-state index in [2.05, 4.69) is 10.6 Å². The lowest BCUT2D eigenvalue weighted by atomic mass is 10.1. The number of anilines is 1. The van der Waals surface area contributed by atoms with Gasteiger partial charge in [-0.25, -0.2) is 8.42 Å². The van der Waals surface area contributed by atoms with Gasteiger partial charge in [0.25, 0.3) is 11.8 Å². The summed E-state index contributed by atoms with van der Waals surface area (Å²) >= 11 is 1.36. The fourth-order valence-electron chi connectivity index (χ4n) is 3.87. The summed E-state index contributed by atoms with van der Waals surface area (Å²) in [5.74, 6) is -0.481. The van der Waals surface area contributed by atoms with E-state index in [4.69, 9.17) is 8.83 Å². The first kappa shape index (κ1) is 22.2. The van der Waals surface area contributed by atoms with Crippen LogP contribution in [-0.2, 0) is 29.2 Å². The summed E-state index contributed by atoms with van der Waals surface area (Å²) in [5, 5.41) is 5.66. The second-order valence-corrected chi connectivity index (χ2v) is 10.7. The Balaban J connectivity index is 1.37. The van der Waals surface area contributed by atoms with E-state index < -0.39 is 15.7 Å². The number of carbonyl (C=O) groups excluding carboxylic acids is 2. The van der Waals surface area contributed by atoms with Crippen molar-refractivity contribution in [3.8, 4) is 0 Å². The van der Waals surface area contributed by atoms with Crippen molar-refractivity contribution >= 4 is 38.0 Å². The van der Waals surface area contributed by atoms with Gasteiger partial charge in [-0.1, -0.05) is 18.2 Å². The molecule has 0 unspecified atom stereocenters. The normalized spacial score (nSPS) is 12.9. The van der Waals surface area contributed by atoms with Crippen LogP contribution in [0.5, 0.6) is 0 Å². The fraction of sp³-hybridized carbons (Fsp3) is 0.167. The van der Waals surface area contributed by atoms with E-state index in [9.17, 15) is 18.0 Å². The molecule has 10 heteroatoms. The van der Waals surface area contributed by atoms with E-state index in [1.54, 1.807) is 30.3 Å². The standard InChI is InChI=1S/C24H20N2O6S2/c27-22(18-11-12-20(32-18)34(29,30)16-7-2-1-3-8-16)26-24-21(17-9-4-10-19(17)33-24)23(28)25-14-15-6-5-13-31-15/h1-3,5-8,11-13H,4,9-10,14H2,(H,25,28)(H,26,27). The maximum absolute atomic E-state index is 13.0. The summed E-state index contributed by atoms with van der Waals surface area (Å²) in [6.45, 7) is 0.225. The molecule has 0 radical (unpaired) electrons. The molecular weight excluding hydrogens is 476 g/mol. The number of amides is 2. The Morgan fingerprint density at radius 2 is 1.79 bits per heavy atom. The number of sulfone groups is 1. The first-order valence-electron chi connectivity index (χ1n) is 10.6. The number of furan rings is 2. The van der Waals surface area contributed by atoms with Crippen molar-refractivity contribution in [2.45, 2.75) is 35.8 Å². The number of hydrogen-bond acceptors (Lipinski definition) is 7. The van der Waals surface area contributed by atoms with E-state index in [0.29, 0.717) is 16.3 Å². The first-order chi connectivity index (χ1) is 16.4. The number of thiophene rings is 1. The summed E-state index contributed by atoms with van der Waals surface area (Å²) in [7, 11) is -3.89. The molecule has 0 saturated heterocycles. The quantitative estimate of drug-likeness (QED) is 0.391. The van der Waals surface area contributed by atoms with Crippen molar-refractivity contribution in [3.63, 3.8) is 0 Å². The topological polar surface area (TPSA) is 119 Å². The van der Waals surface area contributed by atoms with Crippen LogP contribution in [0, 0.1) is 0 Å². The van der Waals surface area contributed by atoms with Crippen molar-refractivity contribution in [1.82, 2.24) is 5.32 Å². The smallest absolute Gasteiger partial charge is 0.292 e. The van der Waals surface area contributed by atoms with Gasteiger partial charge in [-0.2, -0.15) is 0 Å². The number of nitrogens with one attached hydrogen (secondary N) is 2. The van der Waals surface area contributed by atoms with Crippen molar-refractivity contribution in [2.75, 3.05) is 5.32 Å². The monoisotopic (exact) mass is 496 g/mol. The van der Waals surface area contributed by atoms with Crippen LogP contribution in [-0.4, -0.2) is 20.2 Å². The van der Waals surface area contributed by atoms with Gasteiger partial charge in [0.15, 0.2) is 5.76 Å². The number of benzene rings is 1. The fourth-order valence-corrected chi connectivity index (χ4v) is 6.34. The molecule has 34 heavy (non-hydrogen) atoms. The Labute approximate surface area is 199 Å². The van der Waals surface area contributed by atoms with Gasteiger partial charge in [0.05, 0.1) is 23.3 Å². The van der Waals surface area contributed by atoms with E-state index in [-0.39, 0.29) is 28.2 Å². The maximum Gasteiger partial charge on any atom is 0.292 e. The Morgan fingerprint density at radius 3 is 2.56 bits per heavy atom. The second kappa shape index (κ2) is 8.96. The number of rotatable bonds is 7. The highest BCUT2D eigenvalue weighted by Crippen LogP contribution is 2.39. The molecule has 0 bridgehead atoms. The lowest BCUT2D eigenvalue weighted by Crippen LogP contribution is -2.24. The lowest BCUT2D eigenvalue weighted by molar-refractivity contribution is 0.0948. The lowest BCUT2D eigenvalue weighted by Gasteiger charge is -2.08. The minimum Gasteiger partial charge on any atom is -0.467 e. The third-order valence-corrected chi connectivity index (χ3v) is 8.35. The second-order valence-electron chi connectivity index (χ2n) is 7.71. The van der Waals surface area contributed by atoms with Crippen LogP contribution in [0.3, 0.4) is 0 Å². The van der Waals surface area contributed by atoms with Crippen LogP contribution in [0.2, 0.25) is 0 Å². The van der Waals surface area contributed by atoms with Crippen molar-refractivity contribution < 1.29 is 26.8 Å². The van der Waals surface area contributed by atoms with Crippen LogP contribution in [0.1, 0.15) is 43.5 Å². The third kappa shape index (κ3) is 4.17. The molecule has 4 aromatic rings. The Kier molecular flexibility index (Phi) is 5.84. The van der Waals surface area contributed by atoms with Gasteiger partial charge >= 0.3 is 0 Å². The van der Waals surface area contributed by atoms with Gasteiger partial charge in [-0.15, -0.1) is 11.3 Å². The van der Waals surface area contributed by atoms with Crippen LogP contribution in [0.25, 0.3) is 0 Å². The summed E-state index contributed by atoms with van der Waals surface area (Å²) in [5.41, 5.74) is 1.37. The van der Waals surface area contributed by atoms with E-state index >= 15 is 0 Å². The van der Waals surface area contributed by atoms with Crippen molar-refractivity contribution in [2.24, 2.45) is 0 Å². The zero-order valence-corrected chi connectivity index (χ0v) is 19.5. The molecule has 1 aromatic carbocycles. The van der Waals surface area contributed by atoms with Gasteiger partial charge in [0.1, 0.15) is 10.8 Å². The zero-order chi connectivity index (χ0) is 23.7. The molecule has 3 aromatic heterocycles. The summed E-state index contributed by atoms with van der Waals surface area (Å²) in [4.78, 5) is 27.0. The minimum absolute atomic E-state index is 0.0708. The molecule has 3 heterocycles. The van der Waals surface area contributed by atoms with E-state index in [0.717, 1.165) is 29.7 Å². The number of carbonyl (C=O) groups is 2. The number of hydrogen-bond donors (Lipinski definition) is 2.